The van der Waals surface area contributed by atoms with Crippen molar-refractivity contribution in [3.8, 4) is 5.75 Å². The minimum Gasteiger partial charge on any atom is -0.492 e. The molecule has 0 spiro atoms. The molecule has 1 N–H and O–H groups in total. The molecule has 16 heavy (non-hydrogen) atoms. The monoisotopic (exact) mass is 290 g/mol. The summed E-state index contributed by atoms with van der Waals surface area (Å²) in [6.07, 6.45) is 0. The van der Waals surface area contributed by atoms with Crippen molar-refractivity contribution in [1.82, 2.24) is 0 Å². The maximum Gasteiger partial charge on any atom is 0.312 e. The van der Waals surface area contributed by atoms with E-state index < -0.39 is 11.4 Å². The number of hydrogen-bond acceptors (Lipinski definition) is 2. The third kappa shape index (κ3) is 3.20. The second kappa shape index (κ2) is 4.82. The van der Waals surface area contributed by atoms with E-state index in [2.05, 4.69) is 15.9 Å². The number of benzene rings is 1. The van der Waals surface area contributed by atoms with Gasteiger partial charge in [-0.25, -0.2) is 4.39 Å². The second-order valence-corrected chi connectivity index (χ2v) is 4.91. The molecule has 88 valence electrons. The summed E-state index contributed by atoms with van der Waals surface area (Å²) in [4.78, 5) is 10.8. The SMILES string of the molecule is CC(C)(COc1ccc(F)c(Br)c1)C(=O)O. The van der Waals surface area contributed by atoms with Crippen LogP contribution in [0, 0.1) is 11.2 Å². The average Bonchev–Trinajstić information content (AvgIpc) is 2.20. The van der Waals surface area contributed by atoms with Crippen LogP contribution in [0.15, 0.2) is 22.7 Å². The van der Waals surface area contributed by atoms with Gasteiger partial charge in [0.15, 0.2) is 0 Å². The fraction of sp³-hybridized carbons (Fsp3) is 0.364. The summed E-state index contributed by atoms with van der Waals surface area (Å²) in [6.45, 7) is 3.15. The van der Waals surface area contributed by atoms with E-state index in [1.54, 1.807) is 13.8 Å². The maximum absolute atomic E-state index is 12.9. The molecule has 0 saturated carbocycles. The van der Waals surface area contributed by atoms with Gasteiger partial charge in [0.1, 0.15) is 18.2 Å². The van der Waals surface area contributed by atoms with Gasteiger partial charge in [0.25, 0.3) is 0 Å². The lowest BCUT2D eigenvalue weighted by atomic mass is 9.95. The molecule has 0 amide bonds. The topological polar surface area (TPSA) is 46.5 Å². The maximum atomic E-state index is 12.9. The Hall–Kier alpha value is -1.10. The first kappa shape index (κ1) is 13.0. The van der Waals surface area contributed by atoms with E-state index in [4.69, 9.17) is 9.84 Å². The van der Waals surface area contributed by atoms with Gasteiger partial charge in [0, 0.05) is 0 Å². The van der Waals surface area contributed by atoms with Crippen molar-refractivity contribution in [2.24, 2.45) is 5.41 Å². The molecule has 0 aliphatic rings. The summed E-state index contributed by atoms with van der Waals surface area (Å²) in [5.74, 6) is -0.888. The van der Waals surface area contributed by atoms with E-state index in [0.717, 1.165) is 0 Å². The van der Waals surface area contributed by atoms with Crippen LogP contribution in [0.1, 0.15) is 13.8 Å². The first-order valence-electron chi connectivity index (χ1n) is 4.64. The number of carboxylic acids is 1. The number of halogens is 2. The van der Waals surface area contributed by atoms with E-state index in [1.807, 2.05) is 0 Å². The van der Waals surface area contributed by atoms with Gasteiger partial charge in [-0.05, 0) is 48.0 Å². The molecule has 0 aromatic heterocycles. The van der Waals surface area contributed by atoms with Gasteiger partial charge < -0.3 is 9.84 Å². The van der Waals surface area contributed by atoms with Crippen molar-refractivity contribution >= 4 is 21.9 Å². The highest BCUT2D eigenvalue weighted by molar-refractivity contribution is 9.10. The van der Waals surface area contributed by atoms with Crippen LogP contribution in [0.5, 0.6) is 5.75 Å². The van der Waals surface area contributed by atoms with E-state index in [-0.39, 0.29) is 16.9 Å². The summed E-state index contributed by atoms with van der Waals surface area (Å²) in [5, 5.41) is 8.87. The van der Waals surface area contributed by atoms with Crippen LogP contribution in [-0.4, -0.2) is 17.7 Å². The third-order valence-corrected chi connectivity index (χ3v) is 2.68. The Labute approximate surface area is 101 Å². The van der Waals surface area contributed by atoms with Gasteiger partial charge >= 0.3 is 5.97 Å². The summed E-state index contributed by atoms with van der Waals surface area (Å²) in [5.41, 5.74) is -0.971. The molecule has 5 heteroatoms. The fourth-order valence-electron chi connectivity index (χ4n) is 0.892. The minimum atomic E-state index is -0.971. The quantitative estimate of drug-likeness (QED) is 0.927. The van der Waals surface area contributed by atoms with Crippen LogP contribution in [0.4, 0.5) is 4.39 Å². The van der Waals surface area contributed by atoms with Crippen LogP contribution in [0.25, 0.3) is 0 Å². The van der Waals surface area contributed by atoms with Crippen LogP contribution in [-0.2, 0) is 4.79 Å². The molecular weight excluding hydrogens is 279 g/mol. The van der Waals surface area contributed by atoms with E-state index in [9.17, 15) is 9.18 Å². The van der Waals surface area contributed by atoms with Gasteiger partial charge in [-0.2, -0.15) is 0 Å². The van der Waals surface area contributed by atoms with Crippen LogP contribution < -0.4 is 4.74 Å². The van der Waals surface area contributed by atoms with E-state index in [1.165, 1.54) is 18.2 Å². The van der Waals surface area contributed by atoms with Gasteiger partial charge in [-0.15, -0.1) is 0 Å². The van der Waals surface area contributed by atoms with Crippen molar-refractivity contribution in [2.75, 3.05) is 6.61 Å². The lowest BCUT2D eigenvalue weighted by molar-refractivity contribution is -0.148. The van der Waals surface area contributed by atoms with E-state index >= 15 is 0 Å². The molecule has 0 fully saturated rings. The lowest BCUT2D eigenvalue weighted by Crippen LogP contribution is -2.30. The molecule has 1 rings (SSSR count). The first-order valence-corrected chi connectivity index (χ1v) is 5.43. The molecule has 0 unspecified atom stereocenters. The zero-order chi connectivity index (χ0) is 12.3. The molecule has 0 radical (unpaired) electrons. The second-order valence-electron chi connectivity index (χ2n) is 4.05. The van der Waals surface area contributed by atoms with Gasteiger partial charge in [-0.1, -0.05) is 0 Å². The van der Waals surface area contributed by atoms with E-state index in [0.29, 0.717) is 5.75 Å². The normalized spacial score (nSPS) is 11.2. The van der Waals surface area contributed by atoms with Crippen molar-refractivity contribution in [3.63, 3.8) is 0 Å². The van der Waals surface area contributed by atoms with Crippen LogP contribution >= 0.6 is 15.9 Å². The number of ether oxygens (including phenoxy) is 1. The lowest BCUT2D eigenvalue weighted by Gasteiger charge is -2.19. The van der Waals surface area contributed by atoms with Gasteiger partial charge in [-0.3, -0.25) is 4.79 Å². The number of aliphatic carboxylic acids is 1. The molecule has 0 saturated heterocycles. The van der Waals surface area contributed by atoms with Crippen molar-refractivity contribution in [1.29, 1.82) is 0 Å². The number of hydrogen-bond donors (Lipinski definition) is 1. The molecule has 0 aliphatic heterocycles. The largest absolute Gasteiger partial charge is 0.492 e. The Kier molecular flexibility index (Phi) is 3.91. The zero-order valence-corrected chi connectivity index (χ0v) is 10.5. The highest BCUT2D eigenvalue weighted by atomic mass is 79.9. The molecule has 0 aliphatic carbocycles. The molecule has 1 aromatic rings. The highest BCUT2D eigenvalue weighted by Gasteiger charge is 2.28. The molecule has 3 nitrogen and oxygen atoms in total. The van der Waals surface area contributed by atoms with Gasteiger partial charge in [0.05, 0.1) is 9.89 Å². The summed E-state index contributed by atoms with van der Waals surface area (Å²) >= 11 is 3.02. The molecular formula is C11H12BrFO3. The Morgan fingerprint density at radius 2 is 2.19 bits per heavy atom. The Bertz CT molecular complexity index is 404. The highest BCUT2D eigenvalue weighted by Crippen LogP contribution is 2.24. The molecule has 1 aromatic carbocycles. The Morgan fingerprint density at radius 1 is 1.56 bits per heavy atom. The number of carbonyl (C=O) groups is 1. The van der Waals surface area contributed by atoms with Crippen molar-refractivity contribution in [2.45, 2.75) is 13.8 Å². The standard InChI is InChI=1S/C11H12BrFO3/c1-11(2,10(14)15)6-16-7-3-4-9(13)8(12)5-7/h3-5H,6H2,1-2H3,(H,14,15). The summed E-state index contributed by atoms with van der Waals surface area (Å²) in [6, 6.07) is 4.18. The molecule has 0 heterocycles. The summed E-state index contributed by atoms with van der Waals surface area (Å²) < 4.78 is 18.5. The zero-order valence-electron chi connectivity index (χ0n) is 8.96. The predicted molar refractivity (Wildman–Crippen MR) is 61.0 cm³/mol. The number of rotatable bonds is 4. The Balaban J connectivity index is 2.68. The molecule has 0 atom stereocenters. The first-order chi connectivity index (χ1) is 7.33. The molecule has 0 bridgehead atoms. The van der Waals surface area contributed by atoms with Crippen LogP contribution in [0.2, 0.25) is 0 Å². The Morgan fingerprint density at radius 3 is 2.69 bits per heavy atom. The van der Waals surface area contributed by atoms with Crippen molar-refractivity contribution < 1.29 is 19.0 Å². The smallest absolute Gasteiger partial charge is 0.312 e. The number of carboxylic acid groups (broad SMARTS) is 1. The van der Waals surface area contributed by atoms with Crippen molar-refractivity contribution in [3.05, 3.63) is 28.5 Å². The predicted octanol–water partition coefficient (Wildman–Crippen LogP) is 3.08. The average molecular weight is 291 g/mol. The van der Waals surface area contributed by atoms with Gasteiger partial charge in [0.2, 0.25) is 0 Å². The van der Waals surface area contributed by atoms with Crippen LogP contribution in [0.3, 0.4) is 0 Å². The summed E-state index contributed by atoms with van der Waals surface area (Å²) in [7, 11) is 0. The third-order valence-electron chi connectivity index (χ3n) is 2.07. The minimum absolute atomic E-state index is 0.0282. The fourth-order valence-corrected chi connectivity index (χ4v) is 1.25.